The minimum Gasteiger partial charge on any atom is -0.493 e. The maximum atomic E-state index is 12.6. The van der Waals surface area contributed by atoms with Crippen molar-refractivity contribution < 1.29 is 19.1 Å². The highest BCUT2D eigenvalue weighted by molar-refractivity contribution is 8.26. The molecule has 0 saturated carbocycles. The quantitative estimate of drug-likeness (QED) is 0.298. The third-order valence-electron chi connectivity index (χ3n) is 3.43. The molecule has 0 spiro atoms. The van der Waals surface area contributed by atoms with E-state index < -0.39 is 5.97 Å². The molecule has 1 fully saturated rings. The number of thiocarbonyl (C=S) groups is 1. The Bertz CT molecular complexity index is 687. The topological polar surface area (TPSA) is 55.8 Å². The summed E-state index contributed by atoms with van der Waals surface area (Å²) in [6.07, 6.45) is 3.49. The zero-order chi connectivity index (χ0) is 18.2. The van der Waals surface area contributed by atoms with Gasteiger partial charge in [0.15, 0.2) is 0 Å². The summed E-state index contributed by atoms with van der Waals surface area (Å²) in [4.78, 5) is 26.2. The van der Waals surface area contributed by atoms with Gasteiger partial charge < -0.3 is 9.47 Å². The molecule has 1 aliphatic rings. The van der Waals surface area contributed by atoms with Crippen molar-refractivity contribution in [2.45, 2.75) is 26.7 Å². The summed E-state index contributed by atoms with van der Waals surface area (Å²) < 4.78 is 11.0. The van der Waals surface area contributed by atoms with Gasteiger partial charge in [-0.25, -0.2) is 0 Å². The number of hydrogen-bond acceptors (Lipinski definition) is 6. The number of esters is 1. The number of unbranched alkanes of at least 4 members (excludes halogenated alkanes) is 1. The van der Waals surface area contributed by atoms with Gasteiger partial charge in [0, 0.05) is 5.56 Å². The zero-order valence-electron chi connectivity index (χ0n) is 14.3. The molecule has 0 aliphatic carbocycles. The Balaban J connectivity index is 2.09. The van der Waals surface area contributed by atoms with Gasteiger partial charge in [0.2, 0.25) is 0 Å². The lowest BCUT2D eigenvalue weighted by atomic mass is 10.2. The van der Waals surface area contributed by atoms with Gasteiger partial charge in [-0.1, -0.05) is 55.5 Å². The Labute approximate surface area is 157 Å². The molecule has 1 aromatic carbocycles. The van der Waals surface area contributed by atoms with Crippen LogP contribution in [0.25, 0.3) is 6.08 Å². The van der Waals surface area contributed by atoms with Gasteiger partial charge in [-0.2, -0.15) is 0 Å². The molecule has 25 heavy (non-hydrogen) atoms. The Kier molecular flexibility index (Phi) is 7.46. The van der Waals surface area contributed by atoms with E-state index in [1.54, 1.807) is 6.08 Å². The molecule has 1 saturated heterocycles. The summed E-state index contributed by atoms with van der Waals surface area (Å²) in [5, 5.41) is 0. The number of carbonyl (C=O) groups is 2. The minimum absolute atomic E-state index is 0.154. The van der Waals surface area contributed by atoms with E-state index in [4.69, 9.17) is 21.7 Å². The Morgan fingerprint density at radius 2 is 2.08 bits per heavy atom. The van der Waals surface area contributed by atoms with Crippen LogP contribution in [0, 0.1) is 0 Å². The Morgan fingerprint density at radius 1 is 1.32 bits per heavy atom. The molecule has 0 bridgehead atoms. The summed E-state index contributed by atoms with van der Waals surface area (Å²) >= 11 is 6.42. The summed E-state index contributed by atoms with van der Waals surface area (Å²) in [5.41, 5.74) is 0.801. The highest BCUT2D eigenvalue weighted by Crippen LogP contribution is 2.34. The number of para-hydroxylation sites is 1. The number of thioether (sulfide) groups is 1. The number of carbonyl (C=O) groups excluding carboxylic acids is 2. The van der Waals surface area contributed by atoms with Crippen LogP contribution < -0.4 is 4.74 Å². The predicted octanol–water partition coefficient (Wildman–Crippen LogP) is 3.63. The van der Waals surface area contributed by atoms with Gasteiger partial charge in [0.1, 0.15) is 16.6 Å². The maximum Gasteiger partial charge on any atom is 0.326 e. The average molecular weight is 380 g/mol. The van der Waals surface area contributed by atoms with Crippen LogP contribution in [-0.4, -0.2) is 40.9 Å². The van der Waals surface area contributed by atoms with Gasteiger partial charge >= 0.3 is 5.97 Å². The van der Waals surface area contributed by atoms with Crippen LogP contribution in [0.15, 0.2) is 29.2 Å². The van der Waals surface area contributed by atoms with Crippen molar-refractivity contribution in [1.82, 2.24) is 4.90 Å². The van der Waals surface area contributed by atoms with Crippen molar-refractivity contribution in [3.63, 3.8) is 0 Å². The summed E-state index contributed by atoms with van der Waals surface area (Å²) in [6, 6.07) is 7.47. The van der Waals surface area contributed by atoms with E-state index in [1.165, 1.54) is 16.7 Å². The first-order valence-electron chi connectivity index (χ1n) is 8.19. The van der Waals surface area contributed by atoms with Crippen molar-refractivity contribution in [1.29, 1.82) is 0 Å². The van der Waals surface area contributed by atoms with Crippen LogP contribution in [0.5, 0.6) is 5.75 Å². The lowest BCUT2D eigenvalue weighted by molar-refractivity contribution is -0.146. The fraction of sp³-hybridized carbons (Fsp3) is 0.389. The fourth-order valence-electron chi connectivity index (χ4n) is 2.17. The van der Waals surface area contributed by atoms with Gasteiger partial charge in [-0.05, 0) is 25.5 Å². The molecule has 0 N–H and O–H groups in total. The highest BCUT2D eigenvalue weighted by Gasteiger charge is 2.33. The Morgan fingerprint density at radius 3 is 2.80 bits per heavy atom. The number of ether oxygens (including phenoxy) is 2. The van der Waals surface area contributed by atoms with Crippen LogP contribution in [-0.2, 0) is 14.3 Å². The molecule has 0 unspecified atom stereocenters. The molecular weight excluding hydrogens is 358 g/mol. The summed E-state index contributed by atoms with van der Waals surface area (Å²) in [5.74, 6) is -0.0243. The molecule has 2 rings (SSSR count). The molecule has 1 aliphatic heterocycles. The van der Waals surface area contributed by atoms with Crippen LogP contribution in [0.4, 0.5) is 0 Å². The van der Waals surface area contributed by atoms with Crippen LogP contribution in [0.2, 0.25) is 0 Å². The SMILES string of the molecule is CCCCOC(=O)CN1C(=O)/C(=C/c2ccccc2OCC)SC1=S. The second kappa shape index (κ2) is 9.58. The molecule has 0 radical (unpaired) electrons. The molecule has 7 heteroatoms. The van der Waals surface area contributed by atoms with Gasteiger partial charge in [-0.3, -0.25) is 14.5 Å². The number of hydrogen-bond donors (Lipinski definition) is 0. The smallest absolute Gasteiger partial charge is 0.326 e. The molecule has 134 valence electrons. The van der Waals surface area contributed by atoms with Crippen molar-refractivity contribution >= 4 is 46.3 Å². The van der Waals surface area contributed by atoms with E-state index in [2.05, 4.69) is 0 Å². The van der Waals surface area contributed by atoms with E-state index in [0.717, 1.165) is 18.4 Å². The van der Waals surface area contributed by atoms with E-state index >= 15 is 0 Å². The third kappa shape index (κ3) is 5.31. The fourth-order valence-corrected chi connectivity index (χ4v) is 3.42. The first-order chi connectivity index (χ1) is 12.1. The first kappa shape index (κ1) is 19.5. The number of nitrogens with zero attached hydrogens (tertiary/aromatic N) is 1. The molecule has 5 nitrogen and oxygen atoms in total. The summed E-state index contributed by atoms with van der Waals surface area (Å²) in [7, 11) is 0. The molecule has 0 aromatic heterocycles. The molecule has 1 amide bonds. The monoisotopic (exact) mass is 379 g/mol. The van der Waals surface area contributed by atoms with E-state index in [0.29, 0.717) is 28.2 Å². The number of amides is 1. The van der Waals surface area contributed by atoms with Crippen molar-refractivity contribution in [3.8, 4) is 5.75 Å². The van der Waals surface area contributed by atoms with Gasteiger partial charge in [0.25, 0.3) is 5.91 Å². The van der Waals surface area contributed by atoms with E-state index in [1.807, 2.05) is 38.1 Å². The molecule has 0 atom stereocenters. The zero-order valence-corrected chi connectivity index (χ0v) is 16.0. The maximum absolute atomic E-state index is 12.6. The second-order valence-electron chi connectivity index (χ2n) is 5.31. The molecule has 1 aromatic rings. The Hall–Kier alpha value is -1.86. The normalized spacial score (nSPS) is 15.8. The summed E-state index contributed by atoms with van der Waals surface area (Å²) in [6.45, 7) is 4.66. The second-order valence-corrected chi connectivity index (χ2v) is 6.99. The number of rotatable bonds is 8. The predicted molar refractivity (Wildman–Crippen MR) is 103 cm³/mol. The standard InChI is InChI=1S/C18H21NO4S2/c1-3-5-10-23-16(20)12-19-17(21)15(25-18(19)24)11-13-8-6-7-9-14(13)22-4-2/h6-9,11H,3-5,10,12H2,1-2H3/b15-11-. The van der Waals surface area contributed by atoms with Crippen LogP contribution >= 0.6 is 24.0 Å². The number of benzene rings is 1. The van der Waals surface area contributed by atoms with Crippen LogP contribution in [0.3, 0.4) is 0 Å². The van der Waals surface area contributed by atoms with Gasteiger partial charge in [0.05, 0.1) is 18.1 Å². The molecule has 1 heterocycles. The van der Waals surface area contributed by atoms with Crippen molar-refractivity contribution in [2.75, 3.05) is 19.8 Å². The first-order valence-corrected chi connectivity index (χ1v) is 9.42. The largest absolute Gasteiger partial charge is 0.493 e. The van der Waals surface area contributed by atoms with Gasteiger partial charge in [-0.15, -0.1) is 0 Å². The minimum atomic E-state index is -0.444. The highest BCUT2D eigenvalue weighted by atomic mass is 32.2. The van der Waals surface area contributed by atoms with Crippen molar-refractivity contribution in [3.05, 3.63) is 34.7 Å². The average Bonchev–Trinajstić information content (AvgIpc) is 2.85. The van der Waals surface area contributed by atoms with Crippen LogP contribution in [0.1, 0.15) is 32.3 Å². The van der Waals surface area contributed by atoms with E-state index in [-0.39, 0.29) is 12.5 Å². The van der Waals surface area contributed by atoms with Crippen molar-refractivity contribution in [2.24, 2.45) is 0 Å². The lowest BCUT2D eigenvalue weighted by Crippen LogP contribution is -2.34. The third-order valence-corrected chi connectivity index (χ3v) is 4.80. The molecular formula is C18H21NO4S2. The lowest BCUT2D eigenvalue weighted by Gasteiger charge is -2.13. The van der Waals surface area contributed by atoms with E-state index in [9.17, 15) is 9.59 Å².